The molecule has 1 N–H and O–H groups in total. The highest BCUT2D eigenvalue weighted by Crippen LogP contribution is 2.38. The van der Waals surface area contributed by atoms with Crippen molar-refractivity contribution in [2.24, 2.45) is 5.92 Å². The molecule has 1 amide bonds. The van der Waals surface area contributed by atoms with Crippen LogP contribution in [0.25, 0.3) is 0 Å². The predicted molar refractivity (Wildman–Crippen MR) is 165 cm³/mol. The van der Waals surface area contributed by atoms with Gasteiger partial charge in [0.15, 0.2) is 0 Å². The minimum absolute atomic E-state index is 0.0582. The van der Waals surface area contributed by atoms with E-state index in [0.29, 0.717) is 18.1 Å². The molecule has 214 valence electrons. The predicted octanol–water partition coefficient (Wildman–Crippen LogP) is 5.95. The highest BCUT2D eigenvalue weighted by atomic mass is 79.9. The molecule has 6 rings (SSSR count). The number of amidine groups is 1. The van der Waals surface area contributed by atoms with Crippen molar-refractivity contribution in [3.05, 3.63) is 92.7 Å². The summed E-state index contributed by atoms with van der Waals surface area (Å²) in [5, 5.41) is 9.10. The van der Waals surface area contributed by atoms with Crippen LogP contribution in [0.15, 0.2) is 65.3 Å². The molecular weight excluding hydrogens is 602 g/mol. The number of carbonyl (C=O) groups excluding carboxylic acids is 1. The second-order valence-electron chi connectivity index (χ2n) is 11.2. The number of pyridine rings is 1. The van der Waals surface area contributed by atoms with Gasteiger partial charge in [-0.05, 0) is 94.6 Å². The van der Waals surface area contributed by atoms with Crippen LogP contribution >= 0.6 is 27.5 Å². The Bertz CT molecular complexity index is 1350. The third kappa shape index (κ3) is 6.45. The van der Waals surface area contributed by atoms with Gasteiger partial charge < -0.3 is 14.5 Å². The zero-order valence-electron chi connectivity index (χ0n) is 23.1. The molecule has 7 nitrogen and oxygen atoms in total. The Labute approximate surface area is 255 Å². The van der Waals surface area contributed by atoms with Crippen molar-refractivity contribution in [1.82, 2.24) is 19.7 Å². The average Bonchev–Trinajstić information content (AvgIpc) is 3.14. The van der Waals surface area contributed by atoms with E-state index in [2.05, 4.69) is 39.0 Å². The molecule has 1 aliphatic carbocycles. The van der Waals surface area contributed by atoms with Crippen LogP contribution in [-0.2, 0) is 17.6 Å². The average molecular weight is 637 g/mol. The maximum absolute atomic E-state index is 13.3. The van der Waals surface area contributed by atoms with Crippen LogP contribution in [0.3, 0.4) is 0 Å². The number of carbonyl (C=O) groups is 1. The Balaban J connectivity index is 1.05. The van der Waals surface area contributed by atoms with Gasteiger partial charge in [-0.2, -0.15) is 0 Å². The number of piperidine rings is 1. The summed E-state index contributed by atoms with van der Waals surface area (Å²) < 4.78 is 6.71. The van der Waals surface area contributed by atoms with Crippen LogP contribution in [0.2, 0.25) is 5.02 Å². The zero-order valence-corrected chi connectivity index (χ0v) is 25.4. The number of fused-ring (bicyclic) bond motifs is 2. The number of nitrogens with one attached hydrogen (secondary N) is 1. The monoisotopic (exact) mass is 635 g/mol. The number of amides is 1. The third-order valence-electron chi connectivity index (χ3n) is 8.65. The van der Waals surface area contributed by atoms with Crippen LogP contribution < -0.4 is 4.74 Å². The van der Waals surface area contributed by atoms with E-state index in [-0.39, 0.29) is 18.0 Å². The van der Waals surface area contributed by atoms with Crippen LogP contribution in [0.5, 0.6) is 5.75 Å². The van der Waals surface area contributed by atoms with Crippen molar-refractivity contribution < 1.29 is 9.53 Å². The van der Waals surface area contributed by atoms with Gasteiger partial charge >= 0.3 is 0 Å². The van der Waals surface area contributed by atoms with E-state index in [9.17, 15) is 4.79 Å². The molecule has 0 bridgehead atoms. The summed E-state index contributed by atoms with van der Waals surface area (Å²) in [6.45, 7) is 4.54. The Morgan fingerprint density at radius 2 is 1.68 bits per heavy atom. The molecule has 2 saturated heterocycles. The van der Waals surface area contributed by atoms with Crippen molar-refractivity contribution in [2.45, 2.75) is 38.1 Å². The lowest BCUT2D eigenvalue weighted by Gasteiger charge is -2.40. The minimum Gasteiger partial charge on any atom is -0.426 e. The molecule has 1 unspecified atom stereocenters. The largest absolute Gasteiger partial charge is 0.426 e. The molecule has 9 heteroatoms. The van der Waals surface area contributed by atoms with E-state index < -0.39 is 0 Å². The highest BCUT2D eigenvalue weighted by Gasteiger charge is 2.34. The molecule has 1 atom stereocenters. The van der Waals surface area contributed by atoms with Crippen molar-refractivity contribution in [1.29, 1.82) is 5.41 Å². The standard InChI is InChI=1S/C32H35BrClN5O2/c33-25-19-24-7-6-23-20-26(34)8-9-28(23)31(30(24)36-21-25)38-16-14-37(15-17-38)29(40)18-22-10-12-39(13-11-22)32(35)41-27-4-2-1-3-5-27/h1-5,8-9,19-22,31,35H,6-7,10-18H2. The van der Waals surface area contributed by atoms with Gasteiger partial charge in [0.2, 0.25) is 5.91 Å². The minimum atomic E-state index is 0.0582. The number of aryl methyl sites for hydroxylation is 2. The number of nitrogens with zero attached hydrogens (tertiary/aromatic N) is 4. The number of ether oxygens (including phenoxy) is 1. The summed E-state index contributed by atoms with van der Waals surface area (Å²) >= 11 is 10.00. The molecular formula is C32H35BrClN5O2. The molecule has 3 aliphatic rings. The molecule has 3 aromatic rings. The number of para-hydroxylation sites is 1. The molecule has 0 radical (unpaired) electrons. The second-order valence-corrected chi connectivity index (χ2v) is 12.6. The van der Waals surface area contributed by atoms with Crippen molar-refractivity contribution >= 4 is 39.5 Å². The third-order valence-corrected chi connectivity index (χ3v) is 9.31. The van der Waals surface area contributed by atoms with Gasteiger partial charge in [0.25, 0.3) is 6.02 Å². The SMILES string of the molecule is N=C(Oc1ccccc1)N1CCC(CC(=O)N2CCN(C3c4ccc(Cl)cc4CCc4cc(Br)cnc43)CC2)CC1. The van der Waals surface area contributed by atoms with Crippen LogP contribution in [0.1, 0.15) is 47.7 Å². The number of hydrogen-bond acceptors (Lipinski definition) is 5. The Kier molecular flexibility index (Phi) is 8.60. The second kappa shape index (κ2) is 12.5. The molecule has 2 aliphatic heterocycles. The van der Waals surface area contributed by atoms with Gasteiger partial charge in [-0.3, -0.25) is 20.1 Å². The summed E-state index contributed by atoms with van der Waals surface area (Å²) in [5.74, 6) is 1.26. The number of rotatable bonds is 4. The van der Waals surface area contributed by atoms with E-state index in [1.165, 1.54) is 16.7 Å². The summed E-state index contributed by atoms with van der Waals surface area (Å²) in [6.07, 6.45) is 6.13. The molecule has 0 spiro atoms. The summed E-state index contributed by atoms with van der Waals surface area (Å²) in [6, 6.07) is 18.1. The van der Waals surface area contributed by atoms with Gasteiger partial charge in [-0.15, -0.1) is 0 Å². The van der Waals surface area contributed by atoms with Crippen LogP contribution in [0, 0.1) is 11.3 Å². The van der Waals surface area contributed by atoms with Crippen molar-refractivity contribution in [2.75, 3.05) is 39.3 Å². The topological polar surface area (TPSA) is 72.8 Å². The Hall–Kier alpha value is -2.94. The van der Waals surface area contributed by atoms with E-state index in [1.807, 2.05) is 52.4 Å². The van der Waals surface area contributed by atoms with E-state index >= 15 is 0 Å². The number of hydrogen-bond donors (Lipinski definition) is 1. The number of halogens is 2. The van der Waals surface area contributed by atoms with E-state index in [1.54, 1.807) is 0 Å². The van der Waals surface area contributed by atoms with Gasteiger partial charge in [-0.25, -0.2) is 0 Å². The summed E-state index contributed by atoms with van der Waals surface area (Å²) in [5.41, 5.74) is 4.94. The fourth-order valence-corrected chi connectivity index (χ4v) is 6.97. The molecule has 3 heterocycles. The normalized spacial score (nSPS) is 19.7. The number of piperazine rings is 1. The van der Waals surface area contributed by atoms with E-state index in [4.69, 9.17) is 26.7 Å². The highest BCUT2D eigenvalue weighted by molar-refractivity contribution is 9.10. The van der Waals surface area contributed by atoms with Crippen LogP contribution in [-0.4, -0.2) is 70.9 Å². The first kappa shape index (κ1) is 28.2. The Morgan fingerprint density at radius 3 is 2.44 bits per heavy atom. The first-order chi connectivity index (χ1) is 19.9. The molecule has 41 heavy (non-hydrogen) atoms. The maximum Gasteiger partial charge on any atom is 0.289 e. The lowest BCUT2D eigenvalue weighted by molar-refractivity contribution is -0.134. The summed E-state index contributed by atoms with van der Waals surface area (Å²) in [4.78, 5) is 24.7. The molecule has 2 aromatic carbocycles. The molecule has 1 aromatic heterocycles. The fraction of sp³-hybridized carbons (Fsp3) is 0.406. The van der Waals surface area contributed by atoms with Gasteiger partial charge in [-0.1, -0.05) is 35.9 Å². The zero-order chi connectivity index (χ0) is 28.3. The maximum atomic E-state index is 13.3. The summed E-state index contributed by atoms with van der Waals surface area (Å²) in [7, 11) is 0. The molecule has 0 saturated carbocycles. The first-order valence-corrected chi connectivity index (χ1v) is 15.6. The molecule has 2 fully saturated rings. The fourth-order valence-electron chi connectivity index (χ4n) is 6.39. The first-order valence-electron chi connectivity index (χ1n) is 14.5. The quantitative estimate of drug-likeness (QED) is 0.283. The van der Waals surface area contributed by atoms with Gasteiger partial charge in [0, 0.05) is 61.4 Å². The lowest BCUT2D eigenvalue weighted by Crippen LogP contribution is -2.50. The van der Waals surface area contributed by atoms with Gasteiger partial charge in [0.1, 0.15) is 5.75 Å². The number of benzene rings is 2. The number of likely N-dealkylation sites (tertiary alicyclic amines) is 1. The van der Waals surface area contributed by atoms with Gasteiger partial charge in [0.05, 0.1) is 11.7 Å². The van der Waals surface area contributed by atoms with E-state index in [0.717, 1.165) is 80.1 Å². The van der Waals surface area contributed by atoms with Crippen LogP contribution in [0.4, 0.5) is 0 Å². The Morgan fingerprint density at radius 1 is 0.951 bits per heavy atom. The smallest absolute Gasteiger partial charge is 0.289 e. The van der Waals surface area contributed by atoms with Crippen molar-refractivity contribution in [3.8, 4) is 5.75 Å². The lowest BCUT2D eigenvalue weighted by atomic mass is 9.93. The number of aromatic nitrogens is 1. The van der Waals surface area contributed by atoms with Crippen molar-refractivity contribution in [3.63, 3.8) is 0 Å².